The standard InChI is InChI=1S/C19H25BrN4O2/c1-13(2)18(25)21-10-14-4-3-9-24(11-14)12-17-22-23-19(26-17)15-5-7-16(20)8-6-15/h5-8,13-14H,3-4,9-12H2,1-2H3,(H,21,25). The number of hydrogen-bond donors (Lipinski definition) is 1. The molecule has 1 aliphatic rings. The highest BCUT2D eigenvalue weighted by Gasteiger charge is 2.22. The molecule has 1 atom stereocenters. The summed E-state index contributed by atoms with van der Waals surface area (Å²) in [6.07, 6.45) is 2.26. The Kier molecular flexibility index (Phi) is 6.43. The van der Waals surface area contributed by atoms with Crippen LogP contribution in [0.3, 0.4) is 0 Å². The molecule has 2 heterocycles. The summed E-state index contributed by atoms with van der Waals surface area (Å²) >= 11 is 3.42. The van der Waals surface area contributed by atoms with E-state index in [1.54, 1.807) is 0 Å². The van der Waals surface area contributed by atoms with Gasteiger partial charge in [-0.1, -0.05) is 29.8 Å². The van der Waals surface area contributed by atoms with Gasteiger partial charge in [0.25, 0.3) is 0 Å². The van der Waals surface area contributed by atoms with Crippen molar-refractivity contribution in [3.05, 3.63) is 34.6 Å². The molecule has 26 heavy (non-hydrogen) atoms. The molecule has 0 aliphatic carbocycles. The Bertz CT molecular complexity index is 729. The van der Waals surface area contributed by atoms with Crippen LogP contribution >= 0.6 is 15.9 Å². The lowest BCUT2D eigenvalue weighted by molar-refractivity contribution is -0.124. The zero-order valence-electron chi connectivity index (χ0n) is 15.2. The Morgan fingerprint density at radius 3 is 2.85 bits per heavy atom. The fourth-order valence-corrected chi connectivity index (χ4v) is 3.39. The minimum Gasteiger partial charge on any atom is -0.419 e. The molecular formula is C19H25BrN4O2. The van der Waals surface area contributed by atoms with Crippen LogP contribution in [0, 0.1) is 11.8 Å². The van der Waals surface area contributed by atoms with Crippen LogP contribution in [-0.2, 0) is 11.3 Å². The average molecular weight is 421 g/mol. The number of benzene rings is 1. The molecule has 7 heteroatoms. The Hall–Kier alpha value is -1.73. The van der Waals surface area contributed by atoms with Gasteiger partial charge in [0.2, 0.25) is 17.7 Å². The first-order valence-corrected chi connectivity index (χ1v) is 9.89. The molecule has 0 spiro atoms. The molecule has 1 fully saturated rings. The van der Waals surface area contributed by atoms with E-state index in [4.69, 9.17) is 4.42 Å². The number of amides is 1. The van der Waals surface area contributed by atoms with Crippen molar-refractivity contribution >= 4 is 21.8 Å². The largest absolute Gasteiger partial charge is 0.419 e. The summed E-state index contributed by atoms with van der Waals surface area (Å²) in [7, 11) is 0. The highest BCUT2D eigenvalue weighted by Crippen LogP contribution is 2.22. The van der Waals surface area contributed by atoms with E-state index in [0.29, 0.717) is 24.2 Å². The van der Waals surface area contributed by atoms with Crippen molar-refractivity contribution in [1.82, 2.24) is 20.4 Å². The zero-order chi connectivity index (χ0) is 18.5. The van der Waals surface area contributed by atoms with Crippen LogP contribution in [0.1, 0.15) is 32.6 Å². The summed E-state index contributed by atoms with van der Waals surface area (Å²) in [4.78, 5) is 14.1. The smallest absolute Gasteiger partial charge is 0.247 e. The van der Waals surface area contributed by atoms with Gasteiger partial charge in [0.15, 0.2) is 0 Å². The van der Waals surface area contributed by atoms with Crippen molar-refractivity contribution in [3.8, 4) is 11.5 Å². The van der Waals surface area contributed by atoms with Crippen LogP contribution < -0.4 is 5.32 Å². The second-order valence-electron chi connectivity index (χ2n) is 7.15. The topological polar surface area (TPSA) is 71.3 Å². The van der Waals surface area contributed by atoms with E-state index in [1.807, 2.05) is 38.1 Å². The summed E-state index contributed by atoms with van der Waals surface area (Å²) in [6, 6.07) is 7.82. The lowest BCUT2D eigenvalue weighted by atomic mass is 9.98. The van der Waals surface area contributed by atoms with Gasteiger partial charge < -0.3 is 9.73 Å². The third-order valence-corrected chi connectivity index (χ3v) is 5.14. The van der Waals surface area contributed by atoms with Gasteiger partial charge in [0.05, 0.1) is 6.54 Å². The van der Waals surface area contributed by atoms with Gasteiger partial charge in [-0.05, 0) is 49.6 Å². The van der Waals surface area contributed by atoms with E-state index in [9.17, 15) is 4.79 Å². The van der Waals surface area contributed by atoms with Crippen LogP contribution in [0.2, 0.25) is 0 Å². The van der Waals surface area contributed by atoms with Crippen molar-refractivity contribution in [3.63, 3.8) is 0 Å². The second-order valence-corrected chi connectivity index (χ2v) is 8.07. The van der Waals surface area contributed by atoms with Gasteiger partial charge >= 0.3 is 0 Å². The minimum absolute atomic E-state index is 0.0325. The van der Waals surface area contributed by atoms with E-state index in [1.165, 1.54) is 0 Å². The first-order chi connectivity index (χ1) is 12.5. The van der Waals surface area contributed by atoms with Crippen molar-refractivity contribution in [2.24, 2.45) is 11.8 Å². The Morgan fingerprint density at radius 2 is 2.12 bits per heavy atom. The summed E-state index contributed by atoms with van der Waals surface area (Å²) in [6.45, 7) is 7.18. The Balaban J connectivity index is 1.54. The van der Waals surface area contributed by atoms with Gasteiger partial charge in [0, 0.05) is 29.0 Å². The lowest BCUT2D eigenvalue weighted by Gasteiger charge is -2.31. The van der Waals surface area contributed by atoms with E-state index in [0.717, 1.165) is 42.5 Å². The first kappa shape index (κ1) is 19.0. The van der Waals surface area contributed by atoms with E-state index >= 15 is 0 Å². The molecule has 0 radical (unpaired) electrons. The molecule has 1 saturated heterocycles. The number of carbonyl (C=O) groups excluding carboxylic acids is 1. The molecule has 0 saturated carbocycles. The summed E-state index contributed by atoms with van der Waals surface area (Å²) < 4.78 is 6.85. The van der Waals surface area contributed by atoms with E-state index < -0.39 is 0 Å². The van der Waals surface area contributed by atoms with E-state index in [2.05, 4.69) is 36.3 Å². The van der Waals surface area contributed by atoms with Crippen LogP contribution in [-0.4, -0.2) is 40.6 Å². The first-order valence-electron chi connectivity index (χ1n) is 9.09. The molecule has 1 aromatic heterocycles. The number of hydrogen-bond acceptors (Lipinski definition) is 5. The predicted octanol–water partition coefficient (Wildman–Crippen LogP) is 3.48. The number of likely N-dealkylation sites (tertiary alicyclic amines) is 1. The molecule has 1 N–H and O–H groups in total. The molecule has 1 aliphatic heterocycles. The average Bonchev–Trinajstić information content (AvgIpc) is 3.09. The molecule has 0 bridgehead atoms. The molecule has 1 amide bonds. The van der Waals surface area contributed by atoms with Crippen LogP contribution in [0.4, 0.5) is 0 Å². The fourth-order valence-electron chi connectivity index (χ4n) is 3.13. The number of nitrogens with zero attached hydrogens (tertiary/aromatic N) is 3. The SMILES string of the molecule is CC(C)C(=O)NCC1CCCN(Cc2nnc(-c3ccc(Br)cc3)o2)C1. The second kappa shape index (κ2) is 8.77. The zero-order valence-corrected chi connectivity index (χ0v) is 16.8. The van der Waals surface area contributed by atoms with E-state index in [-0.39, 0.29) is 11.8 Å². The summed E-state index contributed by atoms with van der Waals surface area (Å²) in [5, 5.41) is 11.4. The van der Waals surface area contributed by atoms with Crippen LogP contribution in [0.5, 0.6) is 0 Å². The van der Waals surface area contributed by atoms with Crippen LogP contribution in [0.15, 0.2) is 33.2 Å². The predicted molar refractivity (Wildman–Crippen MR) is 103 cm³/mol. The number of nitrogens with one attached hydrogen (secondary N) is 1. The maximum atomic E-state index is 11.8. The number of halogens is 1. The highest BCUT2D eigenvalue weighted by molar-refractivity contribution is 9.10. The monoisotopic (exact) mass is 420 g/mol. The summed E-state index contributed by atoms with van der Waals surface area (Å²) in [5.41, 5.74) is 0.917. The van der Waals surface area contributed by atoms with Crippen molar-refractivity contribution in [2.45, 2.75) is 33.2 Å². The molecule has 2 aromatic rings. The number of aromatic nitrogens is 2. The maximum absolute atomic E-state index is 11.8. The quantitative estimate of drug-likeness (QED) is 0.774. The minimum atomic E-state index is 0.0325. The molecule has 1 aromatic carbocycles. The van der Waals surface area contributed by atoms with Gasteiger partial charge in [-0.2, -0.15) is 0 Å². The normalized spacial score (nSPS) is 18.2. The summed E-state index contributed by atoms with van der Waals surface area (Å²) in [5.74, 6) is 1.81. The molecule has 140 valence electrons. The van der Waals surface area contributed by atoms with Gasteiger partial charge in [-0.3, -0.25) is 9.69 Å². The fraction of sp³-hybridized carbons (Fsp3) is 0.526. The van der Waals surface area contributed by atoms with Crippen LogP contribution in [0.25, 0.3) is 11.5 Å². The molecule has 3 rings (SSSR count). The van der Waals surface area contributed by atoms with Gasteiger partial charge in [-0.15, -0.1) is 10.2 Å². The van der Waals surface area contributed by atoms with Gasteiger partial charge in [0.1, 0.15) is 0 Å². The van der Waals surface area contributed by atoms with Crippen molar-refractivity contribution in [1.29, 1.82) is 0 Å². The van der Waals surface area contributed by atoms with Gasteiger partial charge in [-0.25, -0.2) is 0 Å². The molecular weight excluding hydrogens is 396 g/mol. The Morgan fingerprint density at radius 1 is 1.35 bits per heavy atom. The Labute approximate surface area is 162 Å². The molecule has 1 unspecified atom stereocenters. The lowest BCUT2D eigenvalue weighted by Crippen LogP contribution is -2.41. The van der Waals surface area contributed by atoms with Crippen molar-refractivity contribution in [2.75, 3.05) is 19.6 Å². The van der Waals surface area contributed by atoms with Crippen molar-refractivity contribution < 1.29 is 9.21 Å². The number of carbonyl (C=O) groups is 1. The number of piperidine rings is 1. The maximum Gasteiger partial charge on any atom is 0.247 e. The highest BCUT2D eigenvalue weighted by atomic mass is 79.9. The third kappa shape index (κ3) is 5.14. The molecule has 6 nitrogen and oxygen atoms in total. The number of rotatable bonds is 6. The third-order valence-electron chi connectivity index (χ3n) is 4.61.